The van der Waals surface area contributed by atoms with Gasteiger partial charge in [0, 0.05) is 30.3 Å². The molecule has 0 aromatic heterocycles. The van der Waals surface area contributed by atoms with Gasteiger partial charge in [-0.1, -0.05) is 17.7 Å². The summed E-state index contributed by atoms with van der Waals surface area (Å²) in [4.78, 5) is 0. The van der Waals surface area contributed by atoms with Gasteiger partial charge in [0.2, 0.25) is 0 Å². The fourth-order valence-electron chi connectivity index (χ4n) is 2.05. The molecule has 17 heavy (non-hydrogen) atoms. The number of aromatic hydroxyl groups is 1. The third kappa shape index (κ3) is 3.60. The van der Waals surface area contributed by atoms with Crippen LogP contribution in [0.3, 0.4) is 0 Å². The average molecular weight is 256 g/mol. The molecule has 4 heteroatoms. The van der Waals surface area contributed by atoms with E-state index in [0.717, 1.165) is 31.7 Å². The number of benzene rings is 1. The molecule has 1 fully saturated rings. The highest BCUT2D eigenvalue weighted by Crippen LogP contribution is 2.24. The Labute approximate surface area is 107 Å². The molecule has 1 aromatic carbocycles. The van der Waals surface area contributed by atoms with Gasteiger partial charge in [-0.2, -0.15) is 0 Å². The van der Waals surface area contributed by atoms with Crippen LogP contribution < -0.4 is 5.32 Å². The highest BCUT2D eigenvalue weighted by Gasteiger charge is 2.14. The second-order valence-electron chi connectivity index (χ2n) is 4.43. The van der Waals surface area contributed by atoms with Gasteiger partial charge in [0.25, 0.3) is 0 Å². The van der Waals surface area contributed by atoms with Crippen LogP contribution in [0.15, 0.2) is 18.2 Å². The summed E-state index contributed by atoms with van der Waals surface area (Å²) in [5, 5.41) is 13.6. The maximum absolute atomic E-state index is 9.66. The Kier molecular flexibility index (Phi) is 4.66. The molecule has 1 unspecified atom stereocenters. The fraction of sp³-hybridized carbons (Fsp3) is 0.538. The summed E-state index contributed by atoms with van der Waals surface area (Å²) in [5.41, 5.74) is 0.775. The van der Waals surface area contributed by atoms with Gasteiger partial charge in [-0.25, -0.2) is 0 Å². The second kappa shape index (κ2) is 6.24. The molecule has 0 saturated carbocycles. The predicted octanol–water partition coefficient (Wildman–Crippen LogP) is 2.56. The topological polar surface area (TPSA) is 41.5 Å². The van der Waals surface area contributed by atoms with E-state index >= 15 is 0 Å². The molecule has 0 spiro atoms. The standard InChI is InChI=1S/C13H18ClNO2/c14-12-2-1-3-13(16)11(12)8-15-6-4-10-5-7-17-9-10/h1-3,10,15-16H,4-9H2. The van der Waals surface area contributed by atoms with Gasteiger partial charge in [-0.3, -0.25) is 0 Å². The van der Waals surface area contributed by atoms with Crippen molar-refractivity contribution in [2.75, 3.05) is 19.8 Å². The summed E-state index contributed by atoms with van der Waals surface area (Å²) in [6.07, 6.45) is 2.28. The number of ether oxygens (including phenoxy) is 1. The van der Waals surface area contributed by atoms with Gasteiger partial charge in [-0.15, -0.1) is 0 Å². The summed E-state index contributed by atoms with van der Waals surface area (Å²) < 4.78 is 5.32. The maximum Gasteiger partial charge on any atom is 0.121 e. The van der Waals surface area contributed by atoms with Crippen LogP contribution >= 0.6 is 11.6 Å². The summed E-state index contributed by atoms with van der Waals surface area (Å²) in [7, 11) is 0. The van der Waals surface area contributed by atoms with Crippen LogP contribution in [-0.2, 0) is 11.3 Å². The molecule has 94 valence electrons. The molecule has 2 rings (SSSR count). The van der Waals surface area contributed by atoms with Crippen molar-refractivity contribution in [2.45, 2.75) is 19.4 Å². The Morgan fingerprint density at radius 3 is 3.06 bits per heavy atom. The highest BCUT2D eigenvalue weighted by atomic mass is 35.5. The zero-order valence-corrected chi connectivity index (χ0v) is 10.5. The minimum Gasteiger partial charge on any atom is -0.508 e. The van der Waals surface area contributed by atoms with Gasteiger partial charge in [0.05, 0.1) is 0 Å². The molecule has 0 radical (unpaired) electrons. The Hall–Kier alpha value is -0.770. The van der Waals surface area contributed by atoms with Crippen LogP contribution in [0, 0.1) is 5.92 Å². The molecule has 1 aromatic rings. The van der Waals surface area contributed by atoms with Crippen molar-refractivity contribution in [3.05, 3.63) is 28.8 Å². The molecule has 1 heterocycles. The third-order valence-corrected chi connectivity index (χ3v) is 3.50. The van der Waals surface area contributed by atoms with E-state index in [1.807, 2.05) is 0 Å². The van der Waals surface area contributed by atoms with E-state index in [9.17, 15) is 5.11 Å². The zero-order chi connectivity index (χ0) is 12.1. The molecule has 0 amide bonds. The lowest BCUT2D eigenvalue weighted by atomic mass is 10.1. The van der Waals surface area contributed by atoms with E-state index in [1.54, 1.807) is 18.2 Å². The van der Waals surface area contributed by atoms with Gasteiger partial charge in [0.15, 0.2) is 0 Å². The first kappa shape index (κ1) is 12.7. The molecule has 1 atom stereocenters. The Bertz CT molecular complexity index is 344. The summed E-state index contributed by atoms with van der Waals surface area (Å²) in [6, 6.07) is 5.20. The molecular weight excluding hydrogens is 238 g/mol. The van der Waals surface area contributed by atoms with Crippen LogP contribution in [-0.4, -0.2) is 24.9 Å². The van der Waals surface area contributed by atoms with Gasteiger partial charge >= 0.3 is 0 Å². The van der Waals surface area contributed by atoms with E-state index in [1.165, 1.54) is 6.42 Å². The Morgan fingerprint density at radius 2 is 2.35 bits per heavy atom. The minimum absolute atomic E-state index is 0.259. The van der Waals surface area contributed by atoms with Crippen molar-refractivity contribution in [2.24, 2.45) is 5.92 Å². The van der Waals surface area contributed by atoms with E-state index in [0.29, 0.717) is 17.5 Å². The van der Waals surface area contributed by atoms with Crippen LogP contribution in [0.1, 0.15) is 18.4 Å². The van der Waals surface area contributed by atoms with Crippen molar-refractivity contribution in [3.8, 4) is 5.75 Å². The summed E-state index contributed by atoms with van der Waals surface area (Å²) >= 11 is 6.02. The highest BCUT2D eigenvalue weighted by molar-refractivity contribution is 6.31. The van der Waals surface area contributed by atoms with Crippen molar-refractivity contribution in [3.63, 3.8) is 0 Å². The van der Waals surface area contributed by atoms with Crippen molar-refractivity contribution in [1.82, 2.24) is 5.32 Å². The second-order valence-corrected chi connectivity index (χ2v) is 4.84. The zero-order valence-electron chi connectivity index (χ0n) is 9.79. The number of phenols is 1. The number of nitrogens with one attached hydrogen (secondary N) is 1. The first-order valence-corrected chi connectivity index (χ1v) is 6.40. The quantitative estimate of drug-likeness (QED) is 0.795. The SMILES string of the molecule is Oc1cccc(Cl)c1CNCCC1CCOC1. The van der Waals surface area contributed by atoms with Crippen molar-refractivity contribution >= 4 is 11.6 Å². The van der Waals surface area contributed by atoms with E-state index in [2.05, 4.69) is 5.32 Å². The lowest BCUT2D eigenvalue weighted by Gasteiger charge is -2.10. The third-order valence-electron chi connectivity index (χ3n) is 3.15. The Balaban J connectivity index is 1.74. The van der Waals surface area contributed by atoms with Gasteiger partial charge < -0.3 is 15.2 Å². The first-order valence-electron chi connectivity index (χ1n) is 6.02. The molecule has 3 nitrogen and oxygen atoms in total. The van der Waals surface area contributed by atoms with Crippen LogP contribution in [0.2, 0.25) is 5.02 Å². The number of halogens is 1. The summed E-state index contributed by atoms with van der Waals surface area (Å²) in [6.45, 7) is 3.33. The van der Waals surface area contributed by atoms with Gasteiger partial charge in [0.1, 0.15) is 5.75 Å². The van der Waals surface area contributed by atoms with Crippen LogP contribution in [0.5, 0.6) is 5.75 Å². The fourth-order valence-corrected chi connectivity index (χ4v) is 2.29. The Morgan fingerprint density at radius 1 is 1.47 bits per heavy atom. The van der Waals surface area contributed by atoms with Crippen molar-refractivity contribution < 1.29 is 9.84 Å². The number of phenolic OH excluding ortho intramolecular Hbond substituents is 1. The largest absolute Gasteiger partial charge is 0.508 e. The average Bonchev–Trinajstić information content (AvgIpc) is 2.80. The first-order chi connectivity index (χ1) is 8.27. The molecule has 0 bridgehead atoms. The smallest absolute Gasteiger partial charge is 0.121 e. The molecule has 1 aliphatic heterocycles. The van der Waals surface area contributed by atoms with Crippen LogP contribution in [0.25, 0.3) is 0 Å². The molecular formula is C13H18ClNO2. The van der Waals surface area contributed by atoms with E-state index < -0.39 is 0 Å². The molecule has 2 N–H and O–H groups in total. The monoisotopic (exact) mass is 255 g/mol. The molecule has 1 aliphatic rings. The number of rotatable bonds is 5. The summed E-state index contributed by atoms with van der Waals surface area (Å²) in [5.74, 6) is 0.941. The van der Waals surface area contributed by atoms with E-state index in [-0.39, 0.29) is 5.75 Å². The van der Waals surface area contributed by atoms with Gasteiger partial charge in [-0.05, 0) is 37.4 Å². The van der Waals surface area contributed by atoms with Crippen LogP contribution in [0.4, 0.5) is 0 Å². The minimum atomic E-state index is 0.259. The maximum atomic E-state index is 9.66. The lowest BCUT2D eigenvalue weighted by Crippen LogP contribution is -2.18. The lowest BCUT2D eigenvalue weighted by molar-refractivity contribution is 0.184. The normalized spacial score (nSPS) is 19.7. The number of hydrogen-bond acceptors (Lipinski definition) is 3. The van der Waals surface area contributed by atoms with Crippen molar-refractivity contribution in [1.29, 1.82) is 0 Å². The molecule has 1 saturated heterocycles. The number of hydrogen-bond donors (Lipinski definition) is 2. The predicted molar refractivity (Wildman–Crippen MR) is 68.4 cm³/mol. The van der Waals surface area contributed by atoms with E-state index in [4.69, 9.17) is 16.3 Å². The molecule has 0 aliphatic carbocycles.